The van der Waals surface area contributed by atoms with Crippen molar-refractivity contribution in [3.63, 3.8) is 0 Å². The Kier molecular flexibility index (Phi) is 5.32. The summed E-state index contributed by atoms with van der Waals surface area (Å²) in [6.45, 7) is 6.15. The van der Waals surface area contributed by atoms with Gasteiger partial charge in [0, 0.05) is 5.41 Å². The van der Waals surface area contributed by atoms with Crippen LogP contribution in [0.25, 0.3) is 0 Å². The number of H-pyrrole nitrogens is 1. The molecule has 1 aromatic heterocycles. The second-order valence-corrected chi connectivity index (χ2v) is 6.65. The molecule has 1 amide bonds. The summed E-state index contributed by atoms with van der Waals surface area (Å²) < 4.78 is 0. The summed E-state index contributed by atoms with van der Waals surface area (Å²) in [5.41, 5.74) is 3.32. The van der Waals surface area contributed by atoms with E-state index in [9.17, 15) is 4.79 Å². The van der Waals surface area contributed by atoms with Gasteiger partial charge in [0.1, 0.15) is 5.82 Å². The van der Waals surface area contributed by atoms with E-state index in [1.54, 1.807) is 6.21 Å². The number of rotatable bonds is 5. The molecule has 0 radical (unpaired) electrons. The minimum atomic E-state index is -0.195. The van der Waals surface area contributed by atoms with E-state index in [4.69, 9.17) is 0 Å². The molecule has 0 atom stereocenters. The molecule has 2 aromatic rings. The summed E-state index contributed by atoms with van der Waals surface area (Å²) in [7, 11) is 0. The Labute approximate surface area is 133 Å². The molecule has 6 nitrogen and oxygen atoms in total. The third-order valence-electron chi connectivity index (χ3n) is 2.71. The molecule has 0 saturated heterocycles. The van der Waals surface area contributed by atoms with Crippen LogP contribution in [-0.2, 0) is 10.2 Å². The van der Waals surface area contributed by atoms with Crippen molar-refractivity contribution in [3.05, 3.63) is 41.7 Å². The number of benzene rings is 1. The topological polar surface area (TPSA) is 83.0 Å². The van der Waals surface area contributed by atoms with Gasteiger partial charge in [-0.05, 0) is 5.56 Å². The van der Waals surface area contributed by atoms with E-state index < -0.39 is 0 Å². The number of hydrogen-bond acceptors (Lipinski definition) is 5. The van der Waals surface area contributed by atoms with Crippen molar-refractivity contribution in [1.29, 1.82) is 0 Å². The summed E-state index contributed by atoms with van der Waals surface area (Å²) in [4.78, 5) is 16.1. The monoisotopic (exact) mass is 317 g/mol. The van der Waals surface area contributed by atoms with Gasteiger partial charge in [0.25, 0.3) is 5.91 Å². The van der Waals surface area contributed by atoms with Crippen LogP contribution in [0.3, 0.4) is 0 Å². The van der Waals surface area contributed by atoms with Gasteiger partial charge in [-0.3, -0.25) is 9.89 Å². The Morgan fingerprint density at radius 2 is 2.09 bits per heavy atom. The van der Waals surface area contributed by atoms with E-state index >= 15 is 0 Å². The maximum atomic E-state index is 11.7. The molecule has 2 N–H and O–H groups in total. The minimum Gasteiger partial charge on any atom is -0.272 e. The fourth-order valence-electron chi connectivity index (χ4n) is 1.53. The number of aromatic nitrogens is 3. The second kappa shape index (κ2) is 7.22. The lowest BCUT2D eigenvalue weighted by Gasteiger charge is -2.12. The van der Waals surface area contributed by atoms with Crippen LogP contribution < -0.4 is 5.43 Å². The van der Waals surface area contributed by atoms with Crippen LogP contribution in [0.2, 0.25) is 0 Å². The predicted octanol–water partition coefficient (Wildman–Crippen LogP) is 2.34. The molecule has 116 valence electrons. The fraction of sp³-hybridized carbons (Fsp3) is 0.333. The van der Waals surface area contributed by atoms with Crippen molar-refractivity contribution in [2.24, 2.45) is 5.10 Å². The summed E-state index contributed by atoms with van der Waals surface area (Å²) in [5, 5.41) is 11.5. The summed E-state index contributed by atoms with van der Waals surface area (Å²) in [5.74, 6) is 0.824. The van der Waals surface area contributed by atoms with Gasteiger partial charge in [-0.25, -0.2) is 10.4 Å². The number of nitrogens with zero attached hydrogens (tertiary/aromatic N) is 3. The first-order valence-electron chi connectivity index (χ1n) is 6.88. The number of thioether (sulfide) groups is 1. The number of amides is 1. The van der Waals surface area contributed by atoms with Gasteiger partial charge in [-0.2, -0.15) is 5.10 Å². The molecule has 22 heavy (non-hydrogen) atoms. The molecule has 1 heterocycles. The maximum absolute atomic E-state index is 11.7. The molecule has 7 heteroatoms. The smallest absolute Gasteiger partial charge is 0.250 e. The number of hydrazone groups is 1. The molecule has 0 spiro atoms. The zero-order chi connectivity index (χ0) is 16.0. The lowest BCUT2D eigenvalue weighted by molar-refractivity contribution is -0.118. The Bertz CT molecular complexity index is 645. The Morgan fingerprint density at radius 1 is 1.36 bits per heavy atom. The van der Waals surface area contributed by atoms with Crippen molar-refractivity contribution in [2.45, 2.75) is 31.3 Å². The maximum Gasteiger partial charge on any atom is 0.250 e. The molecule has 1 aromatic carbocycles. The van der Waals surface area contributed by atoms with Gasteiger partial charge in [-0.1, -0.05) is 62.9 Å². The average Bonchev–Trinajstić information content (AvgIpc) is 2.95. The van der Waals surface area contributed by atoms with Crippen LogP contribution in [-0.4, -0.2) is 33.1 Å². The Balaban J connectivity index is 1.78. The van der Waals surface area contributed by atoms with Gasteiger partial charge in [0.2, 0.25) is 5.16 Å². The zero-order valence-electron chi connectivity index (χ0n) is 12.8. The van der Waals surface area contributed by atoms with Gasteiger partial charge < -0.3 is 0 Å². The lowest BCUT2D eigenvalue weighted by atomic mass is 9.96. The molecule has 0 aliphatic heterocycles. The molecule has 0 bridgehead atoms. The van der Waals surface area contributed by atoms with E-state index in [0.29, 0.717) is 5.16 Å². The van der Waals surface area contributed by atoms with Crippen LogP contribution in [0.15, 0.2) is 40.6 Å². The number of nitrogens with one attached hydrogen (secondary N) is 2. The molecule has 2 rings (SSSR count). The van der Waals surface area contributed by atoms with Crippen LogP contribution >= 0.6 is 11.8 Å². The highest BCUT2D eigenvalue weighted by Crippen LogP contribution is 2.20. The quantitative estimate of drug-likeness (QED) is 0.504. The summed E-state index contributed by atoms with van der Waals surface area (Å²) in [6, 6.07) is 9.57. The second-order valence-electron chi connectivity index (χ2n) is 5.71. The third-order valence-corrected chi connectivity index (χ3v) is 3.56. The first kappa shape index (κ1) is 16.2. The molecule has 0 fully saturated rings. The SMILES string of the molecule is CC(C)(C)c1nc(SCC(=O)N/N=C/c2ccccc2)n[nH]1. The van der Waals surface area contributed by atoms with Crippen LogP contribution in [0.1, 0.15) is 32.2 Å². The normalized spacial score (nSPS) is 11.8. The Morgan fingerprint density at radius 3 is 2.73 bits per heavy atom. The largest absolute Gasteiger partial charge is 0.272 e. The van der Waals surface area contributed by atoms with Gasteiger partial charge in [0.15, 0.2) is 0 Å². The molecule has 0 unspecified atom stereocenters. The standard InChI is InChI=1S/C15H19N5OS/c1-15(2,3)13-17-14(20-19-13)22-10-12(21)18-16-9-11-7-5-4-6-8-11/h4-9H,10H2,1-3H3,(H,18,21)(H,17,19,20)/b16-9+. The van der Waals surface area contributed by atoms with Gasteiger partial charge in [0.05, 0.1) is 12.0 Å². The molecule has 0 saturated carbocycles. The van der Waals surface area contributed by atoms with Crippen molar-refractivity contribution in [2.75, 3.05) is 5.75 Å². The van der Waals surface area contributed by atoms with Gasteiger partial charge >= 0.3 is 0 Å². The van der Waals surface area contributed by atoms with E-state index in [2.05, 4.69) is 25.7 Å². The summed E-state index contributed by atoms with van der Waals surface area (Å²) in [6.07, 6.45) is 1.60. The van der Waals surface area contributed by atoms with E-state index in [0.717, 1.165) is 11.4 Å². The lowest BCUT2D eigenvalue weighted by Crippen LogP contribution is -2.19. The molecule has 0 aliphatic carbocycles. The van der Waals surface area contributed by atoms with Crippen molar-refractivity contribution >= 4 is 23.9 Å². The van der Waals surface area contributed by atoms with Crippen molar-refractivity contribution in [3.8, 4) is 0 Å². The van der Waals surface area contributed by atoms with Crippen molar-refractivity contribution < 1.29 is 4.79 Å². The first-order valence-corrected chi connectivity index (χ1v) is 7.86. The van der Waals surface area contributed by atoms with Crippen LogP contribution in [0.4, 0.5) is 0 Å². The highest BCUT2D eigenvalue weighted by atomic mass is 32.2. The van der Waals surface area contributed by atoms with Gasteiger partial charge in [-0.15, -0.1) is 5.10 Å². The van der Waals surface area contributed by atoms with Crippen LogP contribution in [0, 0.1) is 0 Å². The highest BCUT2D eigenvalue weighted by Gasteiger charge is 2.18. The van der Waals surface area contributed by atoms with Crippen LogP contribution in [0.5, 0.6) is 0 Å². The number of aromatic amines is 1. The van der Waals surface area contributed by atoms with E-state index in [-0.39, 0.29) is 17.1 Å². The molecule has 0 aliphatic rings. The zero-order valence-corrected chi connectivity index (χ0v) is 13.6. The predicted molar refractivity (Wildman–Crippen MR) is 88.0 cm³/mol. The number of hydrogen-bond donors (Lipinski definition) is 2. The average molecular weight is 317 g/mol. The number of carbonyl (C=O) groups excluding carboxylic acids is 1. The Hall–Kier alpha value is -2.15. The highest BCUT2D eigenvalue weighted by molar-refractivity contribution is 7.99. The van der Waals surface area contributed by atoms with E-state index in [1.807, 2.05) is 51.1 Å². The summed E-state index contributed by atoms with van der Waals surface area (Å²) >= 11 is 1.27. The minimum absolute atomic E-state index is 0.0892. The third kappa shape index (κ3) is 5.00. The van der Waals surface area contributed by atoms with E-state index in [1.165, 1.54) is 11.8 Å². The fourth-order valence-corrected chi connectivity index (χ4v) is 2.12. The number of carbonyl (C=O) groups is 1. The van der Waals surface area contributed by atoms with Crippen molar-refractivity contribution in [1.82, 2.24) is 20.6 Å². The molecular weight excluding hydrogens is 298 g/mol. The molecular formula is C15H19N5OS. The first-order chi connectivity index (χ1) is 10.4.